The van der Waals surface area contributed by atoms with Gasteiger partial charge in [0.15, 0.2) is 0 Å². The van der Waals surface area contributed by atoms with Crippen molar-refractivity contribution in [2.24, 2.45) is 23.7 Å². The lowest BCUT2D eigenvalue weighted by Crippen LogP contribution is -2.14. The number of fused-ring (bicyclic) bond motifs is 5. The minimum Gasteiger partial charge on any atom is -0.462 e. The van der Waals surface area contributed by atoms with Gasteiger partial charge in [0.25, 0.3) is 0 Å². The van der Waals surface area contributed by atoms with E-state index in [0.717, 1.165) is 29.4 Å². The van der Waals surface area contributed by atoms with Gasteiger partial charge in [0.1, 0.15) is 0 Å². The highest BCUT2D eigenvalue weighted by Crippen LogP contribution is 2.66. The number of esters is 1. The van der Waals surface area contributed by atoms with Gasteiger partial charge in [-0.05, 0) is 68.1 Å². The molecule has 2 bridgehead atoms. The zero-order chi connectivity index (χ0) is 14.6. The summed E-state index contributed by atoms with van der Waals surface area (Å²) >= 11 is 0. The summed E-state index contributed by atoms with van der Waals surface area (Å²) in [7, 11) is 0. The number of ether oxygens (including phenoxy) is 1. The van der Waals surface area contributed by atoms with Crippen LogP contribution >= 0.6 is 0 Å². The predicted octanol–water partition coefficient (Wildman–Crippen LogP) is 2.90. The molecule has 1 aromatic rings. The fourth-order valence-electron chi connectivity index (χ4n) is 4.74. The molecule has 4 unspecified atom stereocenters. The number of nitrogens with one attached hydrogen (secondary N) is 1. The lowest BCUT2D eigenvalue weighted by atomic mass is 10.0. The second-order valence-corrected chi connectivity index (χ2v) is 6.68. The van der Waals surface area contributed by atoms with Gasteiger partial charge in [0, 0.05) is 17.4 Å². The van der Waals surface area contributed by atoms with E-state index in [1.807, 2.05) is 12.1 Å². The van der Waals surface area contributed by atoms with Gasteiger partial charge in [-0.1, -0.05) is 0 Å². The van der Waals surface area contributed by atoms with E-state index in [-0.39, 0.29) is 5.97 Å². The fourth-order valence-corrected chi connectivity index (χ4v) is 4.74. The number of benzene rings is 1. The van der Waals surface area contributed by atoms with E-state index in [0.29, 0.717) is 23.9 Å². The van der Waals surface area contributed by atoms with Gasteiger partial charge >= 0.3 is 5.97 Å². The fraction of sp³-hybridized carbons (Fsp3) is 0.588. The minimum atomic E-state index is -0.338. The maximum absolute atomic E-state index is 11.9. The third-order valence-electron chi connectivity index (χ3n) is 5.62. The average Bonchev–Trinajstić information content (AvgIpc) is 2.85. The molecule has 4 nitrogen and oxygen atoms in total. The Kier molecular flexibility index (Phi) is 2.88. The zero-order valence-electron chi connectivity index (χ0n) is 12.3. The van der Waals surface area contributed by atoms with E-state index in [1.165, 1.54) is 19.3 Å². The average molecular weight is 286 g/mol. The number of rotatable bonds is 4. The van der Waals surface area contributed by atoms with Crippen LogP contribution < -0.4 is 11.1 Å². The van der Waals surface area contributed by atoms with Crippen LogP contribution in [-0.2, 0) is 4.74 Å². The van der Waals surface area contributed by atoms with Crippen molar-refractivity contribution < 1.29 is 9.53 Å². The van der Waals surface area contributed by atoms with Crippen molar-refractivity contribution in [1.29, 1.82) is 0 Å². The molecule has 21 heavy (non-hydrogen) atoms. The Morgan fingerprint density at radius 1 is 1.33 bits per heavy atom. The van der Waals surface area contributed by atoms with Crippen molar-refractivity contribution >= 4 is 17.3 Å². The number of nitrogens with two attached hydrogens (primary N) is 1. The first-order valence-corrected chi connectivity index (χ1v) is 8.02. The van der Waals surface area contributed by atoms with Gasteiger partial charge in [-0.25, -0.2) is 4.79 Å². The molecule has 3 fully saturated rings. The summed E-state index contributed by atoms with van der Waals surface area (Å²) in [5.74, 6) is 3.28. The van der Waals surface area contributed by atoms with Gasteiger partial charge in [0.05, 0.1) is 12.2 Å². The first-order chi connectivity index (χ1) is 10.2. The second kappa shape index (κ2) is 4.65. The Morgan fingerprint density at radius 2 is 2.05 bits per heavy atom. The normalized spacial score (nSPS) is 35.4. The highest BCUT2D eigenvalue weighted by atomic mass is 16.5. The van der Waals surface area contributed by atoms with E-state index >= 15 is 0 Å². The number of anilines is 2. The number of hydrogen-bond acceptors (Lipinski definition) is 4. The summed E-state index contributed by atoms with van der Waals surface area (Å²) in [6.45, 7) is 2.17. The summed E-state index contributed by atoms with van der Waals surface area (Å²) < 4.78 is 5.06. The summed E-state index contributed by atoms with van der Waals surface area (Å²) in [5, 5.41) is 3.62. The highest BCUT2D eigenvalue weighted by molar-refractivity contribution is 5.96. The monoisotopic (exact) mass is 286 g/mol. The molecule has 0 saturated heterocycles. The molecule has 3 aliphatic carbocycles. The van der Waals surface area contributed by atoms with Crippen LogP contribution in [-0.4, -0.2) is 18.6 Å². The maximum atomic E-state index is 11.9. The predicted molar refractivity (Wildman–Crippen MR) is 82.0 cm³/mol. The molecule has 0 radical (unpaired) electrons. The molecule has 112 valence electrons. The van der Waals surface area contributed by atoms with Crippen LogP contribution in [0, 0.1) is 23.7 Å². The molecule has 4 rings (SSSR count). The molecule has 0 heterocycles. The summed E-state index contributed by atoms with van der Waals surface area (Å²) in [4.78, 5) is 11.9. The molecule has 0 aromatic heterocycles. The van der Waals surface area contributed by atoms with E-state index < -0.39 is 0 Å². The van der Waals surface area contributed by atoms with Crippen molar-refractivity contribution in [2.45, 2.75) is 32.2 Å². The third-order valence-corrected chi connectivity index (χ3v) is 5.62. The number of nitrogen functional groups attached to an aromatic ring is 1. The van der Waals surface area contributed by atoms with E-state index in [1.54, 1.807) is 13.0 Å². The summed E-state index contributed by atoms with van der Waals surface area (Å²) in [6, 6.07) is 6.20. The van der Waals surface area contributed by atoms with Crippen LogP contribution in [0.4, 0.5) is 11.4 Å². The zero-order valence-corrected chi connectivity index (χ0v) is 12.3. The minimum absolute atomic E-state index is 0.338. The third kappa shape index (κ3) is 2.00. The van der Waals surface area contributed by atoms with E-state index in [9.17, 15) is 4.79 Å². The van der Waals surface area contributed by atoms with Crippen LogP contribution in [0.1, 0.15) is 36.5 Å². The van der Waals surface area contributed by atoms with Crippen LogP contribution in [0.15, 0.2) is 18.2 Å². The first-order valence-electron chi connectivity index (χ1n) is 8.02. The summed E-state index contributed by atoms with van der Waals surface area (Å²) in [6.07, 6.45) is 4.28. The van der Waals surface area contributed by atoms with E-state index in [4.69, 9.17) is 10.5 Å². The Bertz CT molecular complexity index is 570. The van der Waals surface area contributed by atoms with Crippen molar-refractivity contribution in [3.05, 3.63) is 23.8 Å². The Morgan fingerprint density at radius 3 is 2.71 bits per heavy atom. The largest absolute Gasteiger partial charge is 0.462 e. The lowest BCUT2D eigenvalue weighted by Gasteiger charge is -2.13. The van der Waals surface area contributed by atoms with E-state index in [2.05, 4.69) is 5.32 Å². The van der Waals surface area contributed by atoms with Gasteiger partial charge in [0.2, 0.25) is 0 Å². The summed E-state index contributed by atoms with van der Waals surface area (Å²) in [5.41, 5.74) is 7.83. The smallest absolute Gasteiger partial charge is 0.340 e. The van der Waals surface area contributed by atoms with Gasteiger partial charge in [-0.2, -0.15) is 0 Å². The molecule has 0 aliphatic heterocycles. The molecule has 4 atom stereocenters. The number of hydrogen-bond donors (Lipinski definition) is 2. The molecular formula is C17H22N2O2. The van der Waals surface area contributed by atoms with Crippen LogP contribution in [0.3, 0.4) is 0 Å². The molecule has 0 amide bonds. The Balaban J connectivity index is 1.49. The van der Waals surface area contributed by atoms with Crippen LogP contribution in [0.5, 0.6) is 0 Å². The van der Waals surface area contributed by atoms with Crippen molar-refractivity contribution in [2.75, 3.05) is 17.7 Å². The van der Waals surface area contributed by atoms with Gasteiger partial charge in [-0.3, -0.25) is 0 Å². The van der Waals surface area contributed by atoms with Crippen LogP contribution in [0.2, 0.25) is 0 Å². The molecule has 3 saturated carbocycles. The molecule has 3 aliphatic rings. The quantitative estimate of drug-likeness (QED) is 0.660. The molecule has 3 N–H and O–H groups in total. The maximum Gasteiger partial charge on any atom is 0.340 e. The number of carbonyl (C=O) groups is 1. The standard InChI is InChI=1S/C17H22N2O2/c1-2-21-17(20)12-8-11(5-6-13(12)18)19-16-14-9-3-4-10(7-9)15(14)16/h5-6,8-10,14-16,19H,2-4,7,18H2,1H3. The Hall–Kier alpha value is -1.71. The van der Waals surface area contributed by atoms with Crippen molar-refractivity contribution in [3.8, 4) is 0 Å². The van der Waals surface area contributed by atoms with Crippen molar-refractivity contribution in [1.82, 2.24) is 0 Å². The second-order valence-electron chi connectivity index (χ2n) is 6.68. The lowest BCUT2D eigenvalue weighted by molar-refractivity contribution is 0.0527. The molecular weight excluding hydrogens is 264 g/mol. The Labute approximate surface area is 125 Å². The first kappa shape index (κ1) is 13.0. The molecule has 0 spiro atoms. The topological polar surface area (TPSA) is 64.3 Å². The SMILES string of the molecule is CCOC(=O)c1cc(NC2C3C4CCC(C4)C23)ccc1N. The number of carbonyl (C=O) groups excluding carboxylic acids is 1. The molecule has 1 aromatic carbocycles. The molecule has 4 heteroatoms. The highest BCUT2D eigenvalue weighted by Gasteiger charge is 2.64. The van der Waals surface area contributed by atoms with Gasteiger partial charge in [-0.15, -0.1) is 0 Å². The van der Waals surface area contributed by atoms with Gasteiger partial charge < -0.3 is 15.8 Å². The van der Waals surface area contributed by atoms with Crippen molar-refractivity contribution in [3.63, 3.8) is 0 Å². The van der Waals surface area contributed by atoms with Crippen LogP contribution in [0.25, 0.3) is 0 Å².